The van der Waals surface area contributed by atoms with Crippen molar-refractivity contribution in [2.24, 2.45) is 0 Å². The van der Waals surface area contributed by atoms with Gasteiger partial charge in [-0.1, -0.05) is 19.9 Å². The first-order chi connectivity index (χ1) is 9.13. The number of fused-ring (bicyclic) bond motifs is 1. The van der Waals surface area contributed by atoms with Gasteiger partial charge in [0.05, 0.1) is 17.1 Å². The summed E-state index contributed by atoms with van der Waals surface area (Å²) < 4.78 is 0. The molecule has 0 atom stereocenters. The van der Waals surface area contributed by atoms with E-state index in [4.69, 9.17) is 0 Å². The first kappa shape index (κ1) is 12.7. The first-order valence-electron chi connectivity index (χ1n) is 7.31. The van der Waals surface area contributed by atoms with Gasteiger partial charge in [0.2, 0.25) is 0 Å². The SMILES string of the molecule is CC(C)c1nc2ccc(C3CCC(O)CC3)cc2[nH]1. The van der Waals surface area contributed by atoms with E-state index in [0.717, 1.165) is 42.5 Å². The standard InChI is InChI=1S/C16H22N2O/c1-10(2)16-17-14-8-5-12(9-15(14)18-16)11-3-6-13(19)7-4-11/h5,8-11,13,19H,3-4,6-7H2,1-2H3,(H,17,18). The Morgan fingerprint density at radius 2 is 1.95 bits per heavy atom. The highest BCUT2D eigenvalue weighted by Gasteiger charge is 2.21. The van der Waals surface area contributed by atoms with Gasteiger partial charge in [-0.2, -0.15) is 0 Å². The van der Waals surface area contributed by atoms with Crippen LogP contribution in [0.15, 0.2) is 18.2 Å². The lowest BCUT2D eigenvalue weighted by Gasteiger charge is -2.25. The van der Waals surface area contributed by atoms with Gasteiger partial charge in [0.15, 0.2) is 0 Å². The quantitative estimate of drug-likeness (QED) is 0.862. The molecule has 0 unspecified atom stereocenters. The molecule has 1 aromatic heterocycles. The van der Waals surface area contributed by atoms with E-state index in [1.165, 1.54) is 5.56 Å². The molecule has 3 rings (SSSR count). The van der Waals surface area contributed by atoms with Crippen LogP contribution >= 0.6 is 0 Å². The van der Waals surface area contributed by atoms with E-state index in [-0.39, 0.29) is 6.10 Å². The van der Waals surface area contributed by atoms with E-state index in [9.17, 15) is 5.11 Å². The second-order valence-corrected chi connectivity index (χ2v) is 6.06. The molecule has 1 aliphatic rings. The van der Waals surface area contributed by atoms with Gasteiger partial charge in [-0.05, 0) is 49.3 Å². The van der Waals surface area contributed by atoms with E-state index in [1.807, 2.05) is 0 Å². The van der Waals surface area contributed by atoms with Gasteiger partial charge in [-0.3, -0.25) is 0 Å². The first-order valence-corrected chi connectivity index (χ1v) is 7.31. The molecule has 1 aliphatic carbocycles. The number of aromatic amines is 1. The molecule has 102 valence electrons. The number of nitrogens with one attached hydrogen (secondary N) is 1. The maximum absolute atomic E-state index is 9.59. The Hall–Kier alpha value is -1.35. The molecule has 19 heavy (non-hydrogen) atoms. The zero-order valence-corrected chi connectivity index (χ0v) is 11.7. The Kier molecular flexibility index (Phi) is 3.31. The lowest BCUT2D eigenvalue weighted by atomic mass is 9.83. The maximum Gasteiger partial charge on any atom is 0.109 e. The Balaban J connectivity index is 1.88. The van der Waals surface area contributed by atoms with Crippen LogP contribution in [0.2, 0.25) is 0 Å². The summed E-state index contributed by atoms with van der Waals surface area (Å²) in [7, 11) is 0. The molecule has 0 amide bonds. The topological polar surface area (TPSA) is 48.9 Å². The van der Waals surface area contributed by atoms with Crippen LogP contribution in [0, 0.1) is 0 Å². The van der Waals surface area contributed by atoms with Crippen LogP contribution in [0.1, 0.15) is 62.8 Å². The fourth-order valence-corrected chi connectivity index (χ4v) is 2.98. The van der Waals surface area contributed by atoms with Gasteiger partial charge in [0.25, 0.3) is 0 Å². The number of aromatic nitrogens is 2. The molecule has 1 heterocycles. The van der Waals surface area contributed by atoms with Crippen molar-refractivity contribution >= 4 is 11.0 Å². The third kappa shape index (κ3) is 2.52. The number of hydrogen-bond acceptors (Lipinski definition) is 2. The van der Waals surface area contributed by atoms with Crippen molar-refractivity contribution in [2.45, 2.75) is 57.5 Å². The lowest BCUT2D eigenvalue weighted by Crippen LogP contribution is -2.16. The van der Waals surface area contributed by atoms with Crippen molar-refractivity contribution in [3.63, 3.8) is 0 Å². The van der Waals surface area contributed by atoms with Gasteiger partial charge in [0, 0.05) is 5.92 Å². The summed E-state index contributed by atoms with van der Waals surface area (Å²) in [5, 5.41) is 9.59. The second kappa shape index (κ2) is 4.97. The Morgan fingerprint density at radius 3 is 2.63 bits per heavy atom. The minimum Gasteiger partial charge on any atom is -0.393 e. The molecule has 1 saturated carbocycles. The molecule has 3 heteroatoms. The fraction of sp³-hybridized carbons (Fsp3) is 0.562. The monoisotopic (exact) mass is 258 g/mol. The molecule has 1 aromatic carbocycles. The number of imidazole rings is 1. The summed E-state index contributed by atoms with van der Waals surface area (Å²) in [4.78, 5) is 8.04. The summed E-state index contributed by atoms with van der Waals surface area (Å²) in [6.07, 6.45) is 3.97. The van der Waals surface area contributed by atoms with Crippen molar-refractivity contribution in [1.82, 2.24) is 9.97 Å². The highest BCUT2D eigenvalue weighted by molar-refractivity contribution is 5.76. The second-order valence-electron chi connectivity index (χ2n) is 6.06. The average Bonchev–Trinajstić information content (AvgIpc) is 2.82. The van der Waals surface area contributed by atoms with Gasteiger partial charge in [0.1, 0.15) is 5.82 Å². The fourth-order valence-electron chi connectivity index (χ4n) is 2.98. The van der Waals surface area contributed by atoms with Crippen molar-refractivity contribution in [3.8, 4) is 0 Å². The molecule has 0 bridgehead atoms. The molecule has 2 N–H and O–H groups in total. The highest BCUT2D eigenvalue weighted by atomic mass is 16.3. The van der Waals surface area contributed by atoms with Crippen molar-refractivity contribution < 1.29 is 5.11 Å². The molecule has 2 aromatic rings. The predicted molar refractivity (Wildman–Crippen MR) is 77.4 cm³/mol. The van der Waals surface area contributed by atoms with Crippen LogP contribution in [-0.2, 0) is 0 Å². The third-order valence-corrected chi connectivity index (χ3v) is 4.24. The smallest absolute Gasteiger partial charge is 0.109 e. The van der Waals surface area contributed by atoms with Gasteiger partial charge < -0.3 is 10.1 Å². The summed E-state index contributed by atoms with van der Waals surface area (Å²) in [6.45, 7) is 4.31. The van der Waals surface area contributed by atoms with Gasteiger partial charge in [-0.25, -0.2) is 4.98 Å². The molecule has 0 aliphatic heterocycles. The molecule has 1 fully saturated rings. The molecule has 0 spiro atoms. The van der Waals surface area contributed by atoms with Crippen LogP contribution in [-0.4, -0.2) is 21.2 Å². The molecule has 3 nitrogen and oxygen atoms in total. The predicted octanol–water partition coefficient (Wildman–Crippen LogP) is 3.70. The molecule has 0 radical (unpaired) electrons. The number of nitrogens with zero attached hydrogens (tertiary/aromatic N) is 1. The van der Waals surface area contributed by atoms with Gasteiger partial charge in [-0.15, -0.1) is 0 Å². The van der Waals surface area contributed by atoms with E-state index in [2.05, 4.69) is 42.0 Å². The maximum atomic E-state index is 9.59. The van der Waals surface area contributed by atoms with Crippen molar-refractivity contribution in [2.75, 3.05) is 0 Å². The average molecular weight is 258 g/mol. The van der Waals surface area contributed by atoms with Crippen LogP contribution in [0.5, 0.6) is 0 Å². The summed E-state index contributed by atoms with van der Waals surface area (Å²) >= 11 is 0. The molecular formula is C16H22N2O. The minimum absolute atomic E-state index is 0.0836. The largest absolute Gasteiger partial charge is 0.393 e. The van der Waals surface area contributed by atoms with E-state index in [0.29, 0.717) is 11.8 Å². The third-order valence-electron chi connectivity index (χ3n) is 4.24. The highest BCUT2D eigenvalue weighted by Crippen LogP contribution is 2.34. The number of benzene rings is 1. The number of rotatable bonds is 2. The number of aliphatic hydroxyl groups is 1. The number of hydrogen-bond donors (Lipinski definition) is 2. The van der Waals surface area contributed by atoms with Crippen LogP contribution in [0.4, 0.5) is 0 Å². The van der Waals surface area contributed by atoms with Gasteiger partial charge >= 0.3 is 0 Å². The van der Waals surface area contributed by atoms with E-state index in [1.54, 1.807) is 0 Å². The van der Waals surface area contributed by atoms with Crippen LogP contribution in [0.3, 0.4) is 0 Å². The summed E-state index contributed by atoms with van der Waals surface area (Å²) in [6, 6.07) is 6.57. The Bertz CT molecular complexity index is 565. The normalized spacial score (nSPS) is 24.2. The zero-order chi connectivity index (χ0) is 13.4. The zero-order valence-electron chi connectivity index (χ0n) is 11.7. The Labute approximate surface area is 114 Å². The van der Waals surface area contributed by atoms with E-state index >= 15 is 0 Å². The minimum atomic E-state index is -0.0836. The molecular weight excluding hydrogens is 236 g/mol. The van der Waals surface area contributed by atoms with Crippen molar-refractivity contribution in [3.05, 3.63) is 29.6 Å². The summed E-state index contributed by atoms with van der Waals surface area (Å²) in [5.74, 6) is 2.09. The molecule has 0 saturated heterocycles. The van der Waals surface area contributed by atoms with Crippen LogP contribution < -0.4 is 0 Å². The number of H-pyrrole nitrogens is 1. The van der Waals surface area contributed by atoms with E-state index < -0.39 is 0 Å². The lowest BCUT2D eigenvalue weighted by molar-refractivity contribution is 0.122. The number of aliphatic hydroxyl groups excluding tert-OH is 1. The summed E-state index contributed by atoms with van der Waals surface area (Å²) in [5.41, 5.74) is 3.59. The Morgan fingerprint density at radius 1 is 1.21 bits per heavy atom. The van der Waals surface area contributed by atoms with Crippen molar-refractivity contribution in [1.29, 1.82) is 0 Å². The van der Waals surface area contributed by atoms with Crippen LogP contribution in [0.25, 0.3) is 11.0 Å².